The maximum absolute atomic E-state index is 13.3. The number of thioether (sulfide) groups is 1. The molecule has 1 unspecified atom stereocenters. The normalized spacial score (nSPS) is 12.4. The molecule has 30 heavy (non-hydrogen) atoms. The van der Waals surface area contributed by atoms with E-state index in [0.29, 0.717) is 16.6 Å². The second kappa shape index (κ2) is 7.72. The monoisotopic (exact) mass is 414 g/mol. The number of nitrogens with one attached hydrogen (secondary N) is 1. The average Bonchev–Trinajstić information content (AvgIpc) is 3.21. The van der Waals surface area contributed by atoms with E-state index >= 15 is 0 Å². The molecule has 0 spiro atoms. The third-order valence-corrected chi connectivity index (χ3v) is 5.92. The number of aromatic nitrogens is 6. The van der Waals surface area contributed by atoms with Gasteiger partial charge in [0.15, 0.2) is 16.3 Å². The summed E-state index contributed by atoms with van der Waals surface area (Å²) in [6, 6.07) is 17.6. The zero-order valence-corrected chi connectivity index (χ0v) is 17.0. The lowest BCUT2D eigenvalue weighted by molar-refractivity contribution is 0.546. The van der Waals surface area contributed by atoms with E-state index in [9.17, 15) is 4.79 Å². The van der Waals surface area contributed by atoms with Crippen LogP contribution in [0, 0.1) is 0 Å². The van der Waals surface area contributed by atoms with Crippen LogP contribution in [0.4, 0.5) is 0 Å². The first-order chi connectivity index (χ1) is 14.7. The van der Waals surface area contributed by atoms with Crippen LogP contribution in [0.5, 0.6) is 0 Å². The first-order valence-corrected chi connectivity index (χ1v) is 10.5. The lowest BCUT2D eigenvalue weighted by atomic mass is 10.1. The Bertz CT molecular complexity index is 1360. The number of H-pyrrole nitrogens is 1. The Morgan fingerprint density at radius 3 is 2.60 bits per heavy atom. The molecule has 3 heterocycles. The number of nitrogens with zero attached hydrogens (tertiary/aromatic N) is 5. The van der Waals surface area contributed by atoms with Gasteiger partial charge in [0.25, 0.3) is 5.56 Å². The van der Waals surface area contributed by atoms with Crippen molar-refractivity contribution < 1.29 is 0 Å². The van der Waals surface area contributed by atoms with Gasteiger partial charge in [-0.15, -0.1) is 0 Å². The minimum atomic E-state index is -0.198. The Hall–Kier alpha value is -3.52. The first kappa shape index (κ1) is 18.5. The van der Waals surface area contributed by atoms with Crippen molar-refractivity contribution >= 4 is 34.0 Å². The van der Waals surface area contributed by atoms with Gasteiger partial charge in [-0.2, -0.15) is 0 Å². The van der Waals surface area contributed by atoms with Crippen LogP contribution in [0.25, 0.3) is 22.2 Å². The number of fused-ring (bicyclic) bond motifs is 2. The Labute approximate surface area is 176 Å². The topological polar surface area (TPSA) is 89.3 Å². The molecule has 1 N–H and O–H groups in total. The Kier molecular flexibility index (Phi) is 4.76. The number of rotatable bonds is 5. The van der Waals surface area contributed by atoms with Gasteiger partial charge in [-0.3, -0.25) is 9.36 Å². The lowest BCUT2D eigenvalue weighted by Gasteiger charge is -2.19. The van der Waals surface area contributed by atoms with Crippen LogP contribution in [0.1, 0.15) is 24.4 Å². The molecule has 0 aliphatic heterocycles. The van der Waals surface area contributed by atoms with Gasteiger partial charge in [-0.1, -0.05) is 54.2 Å². The van der Waals surface area contributed by atoms with Crippen molar-refractivity contribution in [3.63, 3.8) is 0 Å². The summed E-state index contributed by atoms with van der Waals surface area (Å²) in [5.41, 5.74) is 3.35. The van der Waals surface area contributed by atoms with Gasteiger partial charge in [-0.05, 0) is 24.6 Å². The van der Waals surface area contributed by atoms with Gasteiger partial charge >= 0.3 is 0 Å². The number of aromatic amines is 1. The van der Waals surface area contributed by atoms with Crippen molar-refractivity contribution in [2.45, 2.75) is 23.9 Å². The quantitative estimate of drug-likeness (QED) is 0.346. The van der Waals surface area contributed by atoms with Crippen molar-refractivity contribution in [3.05, 3.63) is 88.7 Å². The molecule has 0 aliphatic carbocycles. The smallest absolute Gasteiger partial charge is 0.282 e. The highest BCUT2D eigenvalue weighted by molar-refractivity contribution is 7.98. The molecule has 0 saturated carbocycles. The fourth-order valence-corrected chi connectivity index (χ4v) is 4.37. The number of hydrogen-bond acceptors (Lipinski definition) is 6. The fourth-order valence-electron chi connectivity index (χ4n) is 3.44. The lowest BCUT2D eigenvalue weighted by Crippen LogP contribution is -2.27. The van der Waals surface area contributed by atoms with Crippen LogP contribution in [0.15, 0.2) is 76.9 Å². The molecule has 0 saturated heterocycles. The highest BCUT2D eigenvalue weighted by Gasteiger charge is 2.19. The predicted octanol–water partition coefficient (Wildman–Crippen LogP) is 3.96. The van der Waals surface area contributed by atoms with Crippen molar-refractivity contribution in [1.29, 1.82) is 0 Å². The summed E-state index contributed by atoms with van der Waals surface area (Å²) in [7, 11) is 0. The second-order valence-corrected chi connectivity index (χ2v) is 7.82. The summed E-state index contributed by atoms with van der Waals surface area (Å²) in [5, 5.41) is 0.588. The van der Waals surface area contributed by atoms with Crippen molar-refractivity contribution in [3.8, 4) is 0 Å². The molecule has 0 radical (unpaired) electrons. The average molecular weight is 414 g/mol. The molecule has 2 aromatic carbocycles. The zero-order chi connectivity index (χ0) is 20.5. The molecule has 148 valence electrons. The molecule has 5 rings (SSSR count). The van der Waals surface area contributed by atoms with E-state index in [1.54, 1.807) is 10.8 Å². The van der Waals surface area contributed by atoms with E-state index in [1.165, 1.54) is 18.0 Å². The molecule has 0 bridgehead atoms. The molecule has 0 amide bonds. The van der Waals surface area contributed by atoms with Gasteiger partial charge in [0.2, 0.25) is 0 Å². The van der Waals surface area contributed by atoms with Gasteiger partial charge in [0, 0.05) is 12.4 Å². The van der Waals surface area contributed by atoms with Gasteiger partial charge < -0.3 is 4.98 Å². The highest BCUT2D eigenvalue weighted by Crippen LogP contribution is 2.26. The van der Waals surface area contributed by atoms with E-state index in [4.69, 9.17) is 0 Å². The molecule has 1 atom stereocenters. The van der Waals surface area contributed by atoms with Crippen LogP contribution >= 0.6 is 11.8 Å². The molecule has 0 aliphatic rings. The molecule has 8 heteroatoms. The summed E-state index contributed by atoms with van der Waals surface area (Å²) < 4.78 is 1.69. The molecule has 0 fully saturated rings. The summed E-state index contributed by atoms with van der Waals surface area (Å²) in [5.74, 6) is 1.38. The van der Waals surface area contributed by atoms with Crippen molar-refractivity contribution in [1.82, 2.24) is 29.5 Å². The maximum Gasteiger partial charge on any atom is 0.282 e. The molecular formula is C22H18N6OS. The third kappa shape index (κ3) is 3.35. The number of para-hydroxylation sites is 2. The van der Waals surface area contributed by atoms with Gasteiger partial charge in [0.1, 0.15) is 5.82 Å². The van der Waals surface area contributed by atoms with Gasteiger partial charge in [0.05, 0.1) is 22.8 Å². The van der Waals surface area contributed by atoms with E-state index in [0.717, 1.165) is 22.4 Å². The number of hydrogen-bond donors (Lipinski definition) is 1. The largest absolute Gasteiger partial charge is 0.341 e. The van der Waals surface area contributed by atoms with Crippen LogP contribution in [0.2, 0.25) is 0 Å². The van der Waals surface area contributed by atoms with Crippen LogP contribution < -0.4 is 5.56 Å². The minimum Gasteiger partial charge on any atom is -0.341 e. The Balaban J connectivity index is 1.58. The Morgan fingerprint density at radius 2 is 1.77 bits per heavy atom. The zero-order valence-electron chi connectivity index (χ0n) is 16.2. The van der Waals surface area contributed by atoms with E-state index in [2.05, 4.69) is 24.9 Å². The summed E-state index contributed by atoms with van der Waals surface area (Å²) in [4.78, 5) is 34.4. The minimum absolute atomic E-state index is 0.198. The maximum atomic E-state index is 13.3. The fraction of sp³-hybridized carbons (Fsp3) is 0.136. The van der Waals surface area contributed by atoms with E-state index < -0.39 is 0 Å². The second-order valence-electron chi connectivity index (χ2n) is 6.87. The molecular weight excluding hydrogens is 396 g/mol. The van der Waals surface area contributed by atoms with Crippen LogP contribution in [-0.4, -0.2) is 29.5 Å². The van der Waals surface area contributed by atoms with Crippen LogP contribution in [-0.2, 0) is 5.75 Å². The van der Waals surface area contributed by atoms with Crippen molar-refractivity contribution in [2.75, 3.05) is 0 Å². The van der Waals surface area contributed by atoms with Crippen molar-refractivity contribution in [2.24, 2.45) is 0 Å². The summed E-state index contributed by atoms with van der Waals surface area (Å²) in [6.45, 7) is 1.99. The predicted molar refractivity (Wildman–Crippen MR) is 118 cm³/mol. The number of imidazole rings is 1. The molecule has 7 nitrogen and oxygen atoms in total. The standard InChI is InChI=1S/C22H18N6OS/c1-14(15-7-3-2-4-8-15)28-21(29)19-20(24-12-11-23-19)27-22(28)30-13-18-25-16-9-5-6-10-17(16)26-18/h2-12,14H,13H2,1H3,(H,25,26). The van der Waals surface area contributed by atoms with E-state index in [-0.39, 0.29) is 17.1 Å². The summed E-state index contributed by atoms with van der Waals surface area (Å²) in [6.07, 6.45) is 3.07. The summed E-state index contributed by atoms with van der Waals surface area (Å²) >= 11 is 1.46. The number of benzene rings is 2. The molecule has 5 aromatic rings. The highest BCUT2D eigenvalue weighted by atomic mass is 32.2. The first-order valence-electron chi connectivity index (χ1n) is 9.55. The SMILES string of the molecule is CC(c1ccccc1)n1c(SCc2nc3ccccc3[nH]2)nc2nccnc2c1=O. The third-order valence-electron chi connectivity index (χ3n) is 4.95. The Morgan fingerprint density at radius 1 is 1.00 bits per heavy atom. The van der Waals surface area contributed by atoms with E-state index in [1.807, 2.05) is 61.5 Å². The van der Waals surface area contributed by atoms with Gasteiger partial charge in [-0.25, -0.2) is 19.9 Å². The molecule has 3 aromatic heterocycles. The van der Waals surface area contributed by atoms with Crippen LogP contribution in [0.3, 0.4) is 0 Å².